The Morgan fingerprint density at radius 2 is 2.21 bits per heavy atom. The Bertz CT molecular complexity index is 539. The number of halogens is 1. The van der Waals surface area contributed by atoms with E-state index in [1.54, 1.807) is 7.05 Å². The van der Waals surface area contributed by atoms with Crippen LogP contribution in [0.3, 0.4) is 0 Å². The summed E-state index contributed by atoms with van der Waals surface area (Å²) in [6.45, 7) is 0.816. The zero-order chi connectivity index (χ0) is 13.7. The van der Waals surface area contributed by atoms with Gasteiger partial charge in [0.2, 0.25) is 0 Å². The Balaban J connectivity index is 1.84. The maximum Gasteiger partial charge on any atom is 0.157 e. The van der Waals surface area contributed by atoms with E-state index in [0.29, 0.717) is 5.15 Å². The van der Waals surface area contributed by atoms with Crippen LogP contribution >= 0.6 is 11.6 Å². The van der Waals surface area contributed by atoms with Crippen molar-refractivity contribution < 1.29 is 0 Å². The zero-order valence-corrected chi connectivity index (χ0v) is 11.8. The van der Waals surface area contributed by atoms with Crippen LogP contribution in [0, 0.1) is 0 Å². The van der Waals surface area contributed by atoms with E-state index in [1.165, 1.54) is 11.9 Å². The van der Waals surface area contributed by atoms with E-state index in [-0.39, 0.29) is 0 Å². The van der Waals surface area contributed by atoms with Crippen LogP contribution in [0.4, 0.5) is 11.5 Å². The minimum Gasteiger partial charge on any atom is -0.383 e. The van der Waals surface area contributed by atoms with Gasteiger partial charge in [0, 0.05) is 26.8 Å². The summed E-state index contributed by atoms with van der Waals surface area (Å²) >= 11 is 5.98. The number of aryl methyl sites for hydroxylation is 2. The van der Waals surface area contributed by atoms with Crippen LogP contribution in [0.2, 0.25) is 5.15 Å². The smallest absolute Gasteiger partial charge is 0.157 e. The van der Waals surface area contributed by atoms with E-state index in [0.717, 1.165) is 30.9 Å². The predicted molar refractivity (Wildman–Crippen MR) is 76.6 cm³/mol. The van der Waals surface area contributed by atoms with Crippen molar-refractivity contribution in [2.45, 2.75) is 12.8 Å². The zero-order valence-electron chi connectivity index (χ0n) is 11.0. The Labute approximate surface area is 117 Å². The first-order valence-electron chi connectivity index (χ1n) is 6.10. The molecule has 0 fully saturated rings. The molecule has 2 N–H and O–H groups in total. The van der Waals surface area contributed by atoms with E-state index < -0.39 is 0 Å². The minimum atomic E-state index is 0.423. The number of nitrogens with one attached hydrogen (secondary N) is 2. The molecule has 0 spiro atoms. The summed E-state index contributed by atoms with van der Waals surface area (Å²) in [6, 6.07) is 0. The highest BCUT2D eigenvalue weighted by Gasteiger charge is 2.07. The summed E-state index contributed by atoms with van der Waals surface area (Å²) in [5, 5.41) is 10.8. The molecular weight excluding hydrogens is 264 g/mol. The van der Waals surface area contributed by atoms with Gasteiger partial charge < -0.3 is 10.6 Å². The Morgan fingerprint density at radius 3 is 2.89 bits per heavy atom. The molecular formula is C12H17ClN6. The van der Waals surface area contributed by atoms with Crippen LogP contribution in [0.15, 0.2) is 18.7 Å². The van der Waals surface area contributed by atoms with Crippen molar-refractivity contribution in [2.24, 2.45) is 7.05 Å². The first-order chi connectivity index (χ1) is 9.20. The van der Waals surface area contributed by atoms with Crippen LogP contribution in [0.1, 0.15) is 12.0 Å². The predicted octanol–water partition coefficient (Wildman–Crippen LogP) is 1.95. The van der Waals surface area contributed by atoms with Crippen molar-refractivity contribution in [1.29, 1.82) is 0 Å². The molecule has 0 atom stereocenters. The molecule has 2 aromatic rings. The fourth-order valence-corrected chi connectivity index (χ4v) is 2.05. The van der Waals surface area contributed by atoms with Gasteiger partial charge in [-0.1, -0.05) is 11.6 Å². The average Bonchev–Trinajstić information content (AvgIpc) is 2.81. The topological polar surface area (TPSA) is 67.7 Å². The Hall–Kier alpha value is -1.82. The van der Waals surface area contributed by atoms with Gasteiger partial charge in [-0.3, -0.25) is 4.68 Å². The van der Waals surface area contributed by atoms with Crippen molar-refractivity contribution in [3.05, 3.63) is 29.4 Å². The lowest BCUT2D eigenvalue weighted by molar-refractivity contribution is 0.765. The molecule has 2 aromatic heterocycles. The van der Waals surface area contributed by atoms with Crippen LogP contribution in [-0.4, -0.2) is 33.3 Å². The molecule has 0 bridgehead atoms. The second-order valence-corrected chi connectivity index (χ2v) is 4.55. The summed E-state index contributed by atoms with van der Waals surface area (Å²) in [7, 11) is 3.72. The molecule has 2 heterocycles. The fraction of sp³-hybridized carbons (Fsp3) is 0.417. The van der Waals surface area contributed by atoms with E-state index in [2.05, 4.69) is 25.7 Å². The average molecular weight is 281 g/mol. The van der Waals surface area contributed by atoms with Crippen molar-refractivity contribution >= 4 is 23.1 Å². The van der Waals surface area contributed by atoms with Crippen LogP contribution in [0.25, 0.3) is 0 Å². The van der Waals surface area contributed by atoms with E-state index in [4.69, 9.17) is 11.6 Å². The maximum atomic E-state index is 5.98. The van der Waals surface area contributed by atoms with Crippen molar-refractivity contribution in [1.82, 2.24) is 19.7 Å². The molecule has 0 radical (unpaired) electrons. The molecule has 19 heavy (non-hydrogen) atoms. The Morgan fingerprint density at radius 1 is 1.37 bits per heavy atom. The molecule has 0 aliphatic carbocycles. The maximum absolute atomic E-state index is 5.98. The second-order valence-electron chi connectivity index (χ2n) is 4.19. The molecule has 102 valence electrons. The number of anilines is 2. The summed E-state index contributed by atoms with van der Waals surface area (Å²) in [5.41, 5.74) is 1.96. The number of hydrogen-bond donors (Lipinski definition) is 2. The van der Waals surface area contributed by atoms with Gasteiger partial charge in [0.1, 0.15) is 12.0 Å². The van der Waals surface area contributed by atoms with Gasteiger partial charge in [0.15, 0.2) is 11.0 Å². The molecule has 0 aliphatic rings. The summed E-state index contributed by atoms with van der Waals surface area (Å²) in [5.74, 6) is 0.730. The molecule has 0 saturated carbocycles. The highest BCUT2D eigenvalue weighted by atomic mass is 35.5. The molecule has 6 nitrogen and oxygen atoms in total. The Kier molecular flexibility index (Phi) is 4.57. The van der Waals surface area contributed by atoms with Crippen LogP contribution in [0.5, 0.6) is 0 Å². The van der Waals surface area contributed by atoms with Crippen LogP contribution in [-0.2, 0) is 13.5 Å². The molecule has 0 amide bonds. The van der Waals surface area contributed by atoms with Crippen molar-refractivity contribution in [2.75, 3.05) is 24.2 Å². The third-order valence-corrected chi connectivity index (χ3v) is 3.03. The number of nitrogens with zero attached hydrogens (tertiary/aromatic N) is 4. The van der Waals surface area contributed by atoms with Crippen LogP contribution < -0.4 is 10.6 Å². The summed E-state index contributed by atoms with van der Waals surface area (Å²) in [4.78, 5) is 8.10. The van der Waals surface area contributed by atoms with E-state index >= 15 is 0 Å². The van der Waals surface area contributed by atoms with Gasteiger partial charge in [-0.2, -0.15) is 5.10 Å². The van der Waals surface area contributed by atoms with Gasteiger partial charge in [0.05, 0.1) is 6.20 Å². The minimum absolute atomic E-state index is 0.423. The van der Waals surface area contributed by atoms with Gasteiger partial charge in [0.25, 0.3) is 0 Å². The quantitative estimate of drug-likeness (QED) is 0.625. The number of hydrogen-bond acceptors (Lipinski definition) is 5. The number of rotatable bonds is 6. The normalized spacial score (nSPS) is 10.5. The monoisotopic (exact) mass is 280 g/mol. The standard InChI is InChI=1S/C12H17ClN6/c1-14-10-11(13)16-8-17-12(10)15-5-3-4-9-6-18-19(2)7-9/h6-8,14H,3-5H2,1-2H3,(H,15,16,17). The molecule has 0 aromatic carbocycles. The van der Waals surface area contributed by atoms with E-state index in [9.17, 15) is 0 Å². The molecule has 2 rings (SSSR count). The lowest BCUT2D eigenvalue weighted by Crippen LogP contribution is -2.08. The van der Waals surface area contributed by atoms with Crippen molar-refractivity contribution in [3.63, 3.8) is 0 Å². The number of aromatic nitrogens is 4. The summed E-state index contributed by atoms with van der Waals surface area (Å²) in [6.07, 6.45) is 7.35. The second kappa shape index (κ2) is 6.38. The molecule has 0 saturated heterocycles. The van der Waals surface area contributed by atoms with Gasteiger partial charge in [-0.15, -0.1) is 0 Å². The lowest BCUT2D eigenvalue weighted by Gasteiger charge is -2.10. The summed E-state index contributed by atoms with van der Waals surface area (Å²) < 4.78 is 1.81. The van der Waals surface area contributed by atoms with Gasteiger partial charge in [-0.05, 0) is 18.4 Å². The third kappa shape index (κ3) is 3.57. The fourth-order valence-electron chi connectivity index (χ4n) is 1.82. The first-order valence-corrected chi connectivity index (χ1v) is 6.48. The molecule has 0 unspecified atom stereocenters. The molecule has 7 heteroatoms. The highest BCUT2D eigenvalue weighted by Crippen LogP contribution is 2.25. The first kappa shape index (κ1) is 13.6. The lowest BCUT2D eigenvalue weighted by atomic mass is 10.2. The van der Waals surface area contributed by atoms with Gasteiger partial charge >= 0.3 is 0 Å². The molecule has 0 aliphatic heterocycles. The van der Waals surface area contributed by atoms with Crippen molar-refractivity contribution in [3.8, 4) is 0 Å². The highest BCUT2D eigenvalue weighted by molar-refractivity contribution is 6.32. The largest absolute Gasteiger partial charge is 0.383 e. The van der Waals surface area contributed by atoms with E-state index in [1.807, 2.05) is 24.1 Å². The SMILES string of the molecule is CNc1c(Cl)ncnc1NCCCc1cnn(C)c1. The van der Waals surface area contributed by atoms with Gasteiger partial charge in [-0.25, -0.2) is 9.97 Å². The third-order valence-electron chi connectivity index (χ3n) is 2.74.